The highest BCUT2D eigenvalue weighted by molar-refractivity contribution is 6.15. The van der Waals surface area contributed by atoms with Crippen molar-refractivity contribution >= 4 is 22.3 Å². The van der Waals surface area contributed by atoms with Crippen LogP contribution < -0.4 is 10.7 Å². The Bertz CT molecular complexity index is 1300. The summed E-state index contributed by atoms with van der Waals surface area (Å²) in [5, 5.41) is 27.6. The molecule has 2 aromatic heterocycles. The first kappa shape index (κ1) is 18.5. The van der Waals surface area contributed by atoms with E-state index in [1.165, 1.54) is 4.57 Å². The molecule has 4 rings (SSSR count). The van der Waals surface area contributed by atoms with E-state index in [9.17, 15) is 9.90 Å². The summed E-state index contributed by atoms with van der Waals surface area (Å²) < 4.78 is 1.44. The van der Waals surface area contributed by atoms with Crippen molar-refractivity contribution in [3.8, 4) is 5.75 Å². The van der Waals surface area contributed by atoms with Gasteiger partial charge in [0.05, 0.1) is 16.8 Å². The number of para-hydroxylation sites is 1. The monoisotopic (exact) mass is 387 g/mol. The molecule has 146 valence electrons. The lowest BCUT2D eigenvalue weighted by atomic mass is 10.0. The van der Waals surface area contributed by atoms with Gasteiger partial charge in [0, 0.05) is 7.05 Å². The molecule has 0 unspecified atom stereocenters. The van der Waals surface area contributed by atoms with Crippen LogP contribution >= 0.6 is 0 Å². The smallest absolute Gasteiger partial charge is 0.259 e. The number of aromatic nitrogens is 5. The van der Waals surface area contributed by atoms with Gasteiger partial charge in [0.15, 0.2) is 0 Å². The fraction of sp³-hybridized carbons (Fsp3) is 0.190. The molecule has 0 spiro atoms. The third-order valence-corrected chi connectivity index (χ3v) is 4.91. The van der Waals surface area contributed by atoms with Crippen LogP contribution in [0.1, 0.15) is 28.1 Å². The van der Waals surface area contributed by atoms with Crippen LogP contribution in [0.2, 0.25) is 0 Å². The second-order valence-corrected chi connectivity index (χ2v) is 7.03. The lowest BCUT2D eigenvalue weighted by molar-refractivity contribution is -0.266. The molecule has 8 heteroatoms. The normalized spacial score (nSPS) is 11.9. The summed E-state index contributed by atoms with van der Waals surface area (Å²) in [5.41, 5.74) is 3.75. The van der Waals surface area contributed by atoms with Gasteiger partial charge in [0.1, 0.15) is 5.71 Å². The van der Waals surface area contributed by atoms with Gasteiger partial charge in [-0.15, -0.1) is 10.2 Å². The van der Waals surface area contributed by atoms with Crippen molar-refractivity contribution in [2.75, 3.05) is 0 Å². The van der Waals surface area contributed by atoms with E-state index in [1.54, 1.807) is 31.3 Å². The Labute approximate surface area is 166 Å². The summed E-state index contributed by atoms with van der Waals surface area (Å²) in [6.45, 7) is 5.87. The predicted octanol–water partition coefficient (Wildman–Crippen LogP) is 2.22. The van der Waals surface area contributed by atoms with Crippen molar-refractivity contribution in [2.45, 2.75) is 20.8 Å². The average molecular weight is 387 g/mol. The number of aromatic amines is 1. The topological polar surface area (TPSA) is 112 Å². The number of fused-ring (bicyclic) bond motifs is 1. The Morgan fingerprint density at radius 2 is 1.83 bits per heavy atom. The number of H-pyrrole nitrogens is 1. The van der Waals surface area contributed by atoms with E-state index in [2.05, 4.69) is 20.6 Å². The van der Waals surface area contributed by atoms with E-state index >= 15 is 0 Å². The second-order valence-electron chi connectivity index (χ2n) is 7.03. The van der Waals surface area contributed by atoms with Crippen LogP contribution in [0, 0.1) is 20.8 Å². The van der Waals surface area contributed by atoms with Crippen molar-refractivity contribution < 1.29 is 5.11 Å². The Morgan fingerprint density at radius 3 is 2.48 bits per heavy atom. The minimum Gasteiger partial charge on any atom is -0.871 e. The number of aliphatic imine (C=N–C) groups is 1. The van der Waals surface area contributed by atoms with Crippen molar-refractivity contribution in [1.82, 2.24) is 25.2 Å². The number of nitrogens with zero attached hydrogens (tertiary/aromatic N) is 5. The van der Waals surface area contributed by atoms with Crippen molar-refractivity contribution in [3.05, 3.63) is 74.8 Å². The molecule has 29 heavy (non-hydrogen) atoms. The van der Waals surface area contributed by atoms with Crippen molar-refractivity contribution in [1.29, 1.82) is 0 Å². The second kappa shape index (κ2) is 6.97. The molecule has 0 aliphatic carbocycles. The first-order valence-corrected chi connectivity index (χ1v) is 9.08. The molecule has 0 radical (unpaired) electrons. The maximum Gasteiger partial charge on any atom is 0.259 e. The van der Waals surface area contributed by atoms with Gasteiger partial charge < -0.3 is 9.67 Å². The molecule has 0 amide bonds. The van der Waals surface area contributed by atoms with Crippen LogP contribution in [0.3, 0.4) is 0 Å². The van der Waals surface area contributed by atoms with Gasteiger partial charge in [-0.3, -0.25) is 4.79 Å². The van der Waals surface area contributed by atoms with Gasteiger partial charge in [-0.1, -0.05) is 41.6 Å². The third kappa shape index (κ3) is 3.08. The number of benzene rings is 2. The van der Waals surface area contributed by atoms with Crippen LogP contribution in [0.15, 0.2) is 46.2 Å². The Morgan fingerprint density at radius 1 is 1.14 bits per heavy atom. The quantitative estimate of drug-likeness (QED) is 0.542. The fourth-order valence-corrected chi connectivity index (χ4v) is 3.62. The van der Waals surface area contributed by atoms with Gasteiger partial charge in [-0.2, -0.15) is 5.21 Å². The van der Waals surface area contributed by atoms with Gasteiger partial charge >= 0.3 is 0 Å². The number of hydrogen-bond donors (Lipinski definition) is 1. The van der Waals surface area contributed by atoms with Gasteiger partial charge in [-0.05, 0) is 48.6 Å². The summed E-state index contributed by atoms with van der Waals surface area (Å²) in [5.74, 6) is -0.316. The molecule has 8 nitrogen and oxygen atoms in total. The molecule has 2 aromatic carbocycles. The number of nitrogens with one attached hydrogen (secondary N) is 1. The lowest BCUT2D eigenvalue weighted by Crippen LogP contribution is -2.28. The zero-order valence-corrected chi connectivity index (χ0v) is 16.5. The number of hydrogen-bond acceptors (Lipinski definition) is 6. The molecular weight excluding hydrogens is 368 g/mol. The largest absolute Gasteiger partial charge is 0.871 e. The number of tetrazole rings is 1. The first-order valence-electron chi connectivity index (χ1n) is 9.08. The van der Waals surface area contributed by atoms with Crippen LogP contribution in [0.5, 0.6) is 5.75 Å². The molecule has 1 N–H and O–H groups in total. The average Bonchev–Trinajstić information content (AvgIpc) is 3.22. The highest BCUT2D eigenvalue weighted by Crippen LogP contribution is 2.29. The standard InChI is InChI=1S/C21H20N6O2/c1-11-9-12(2)17(13(3)10-11)22-18(20-23-25-26-24-20)16-19(28)14-7-5-6-8-15(14)27(4)21(16)29/h5-10,28H,1-4H3,(H,23,24,25,26)/p-1. The molecule has 0 bridgehead atoms. The number of pyridine rings is 1. The zero-order valence-electron chi connectivity index (χ0n) is 16.5. The lowest BCUT2D eigenvalue weighted by Gasteiger charge is -2.19. The SMILES string of the molecule is Cc1cc(C)c(N=C(c2nn[nH]n2)c2c([O-])c3ccccc3n(C)c2=O)c(C)c1. The maximum atomic E-state index is 13.3. The van der Waals surface area contributed by atoms with Gasteiger partial charge in [0.25, 0.3) is 5.56 Å². The molecule has 0 saturated heterocycles. The Kier molecular flexibility index (Phi) is 4.46. The van der Waals surface area contributed by atoms with E-state index < -0.39 is 11.3 Å². The summed E-state index contributed by atoms with van der Waals surface area (Å²) in [7, 11) is 1.63. The summed E-state index contributed by atoms with van der Waals surface area (Å²) in [6.07, 6.45) is 0. The third-order valence-electron chi connectivity index (χ3n) is 4.91. The van der Waals surface area contributed by atoms with Crippen molar-refractivity contribution in [2.24, 2.45) is 12.0 Å². The van der Waals surface area contributed by atoms with Crippen LogP contribution in [0.4, 0.5) is 5.69 Å². The van der Waals surface area contributed by atoms with E-state index in [0.29, 0.717) is 16.6 Å². The fourth-order valence-electron chi connectivity index (χ4n) is 3.62. The highest BCUT2D eigenvalue weighted by atomic mass is 16.3. The Hall–Kier alpha value is -3.81. The van der Waals surface area contributed by atoms with Gasteiger partial charge in [0.2, 0.25) is 5.82 Å². The molecule has 2 heterocycles. The molecule has 0 aliphatic heterocycles. The van der Waals surface area contributed by atoms with Crippen molar-refractivity contribution in [3.63, 3.8) is 0 Å². The minimum absolute atomic E-state index is 0.0769. The van der Waals surface area contributed by atoms with Crippen LogP contribution in [0.25, 0.3) is 10.9 Å². The van der Waals surface area contributed by atoms with E-state index in [4.69, 9.17) is 4.99 Å². The maximum absolute atomic E-state index is 13.3. The molecule has 0 saturated carbocycles. The first-order chi connectivity index (χ1) is 13.9. The molecule has 0 aliphatic rings. The van der Waals surface area contributed by atoms with E-state index in [0.717, 1.165) is 16.7 Å². The number of rotatable bonds is 3. The summed E-state index contributed by atoms with van der Waals surface area (Å²) >= 11 is 0. The minimum atomic E-state index is -0.459. The zero-order chi connectivity index (χ0) is 20.7. The summed E-state index contributed by atoms with van der Waals surface area (Å²) in [4.78, 5) is 17.8. The van der Waals surface area contributed by atoms with Crippen LogP contribution in [-0.4, -0.2) is 30.9 Å². The molecule has 0 fully saturated rings. The van der Waals surface area contributed by atoms with E-state index in [-0.39, 0.29) is 17.1 Å². The predicted molar refractivity (Wildman–Crippen MR) is 109 cm³/mol. The number of aryl methyl sites for hydroxylation is 4. The van der Waals surface area contributed by atoms with Crippen LogP contribution in [-0.2, 0) is 7.05 Å². The highest BCUT2D eigenvalue weighted by Gasteiger charge is 2.20. The molecule has 4 aromatic rings. The van der Waals surface area contributed by atoms with Gasteiger partial charge in [-0.25, -0.2) is 4.99 Å². The molecular formula is C21H19N6O2-. The Balaban J connectivity index is 2.10. The summed E-state index contributed by atoms with van der Waals surface area (Å²) in [6, 6.07) is 11.0. The molecule has 0 atom stereocenters. The van der Waals surface area contributed by atoms with E-state index in [1.807, 2.05) is 32.9 Å².